The van der Waals surface area contributed by atoms with E-state index < -0.39 is 0 Å². The SMILES string of the molecule is C=C/C(Cl)=C\C=C\N. The van der Waals surface area contributed by atoms with E-state index in [0.717, 1.165) is 0 Å². The lowest BCUT2D eigenvalue weighted by atomic mass is 10.5. The van der Waals surface area contributed by atoms with E-state index in [-0.39, 0.29) is 0 Å². The Morgan fingerprint density at radius 3 is 2.62 bits per heavy atom. The lowest BCUT2D eigenvalue weighted by Gasteiger charge is -1.78. The van der Waals surface area contributed by atoms with Crippen LogP contribution in [0.1, 0.15) is 0 Å². The van der Waals surface area contributed by atoms with Crippen molar-refractivity contribution in [1.29, 1.82) is 0 Å². The fraction of sp³-hybridized carbons (Fsp3) is 0. The molecule has 0 aromatic carbocycles. The van der Waals surface area contributed by atoms with Gasteiger partial charge in [-0.15, -0.1) is 0 Å². The second kappa shape index (κ2) is 4.47. The van der Waals surface area contributed by atoms with Crippen molar-refractivity contribution in [2.45, 2.75) is 0 Å². The van der Waals surface area contributed by atoms with Gasteiger partial charge in [0.05, 0.1) is 0 Å². The molecule has 2 N–H and O–H groups in total. The molecule has 0 heterocycles. The van der Waals surface area contributed by atoms with Crippen LogP contribution in [0.4, 0.5) is 0 Å². The van der Waals surface area contributed by atoms with Crippen molar-refractivity contribution in [2.24, 2.45) is 5.73 Å². The van der Waals surface area contributed by atoms with E-state index in [2.05, 4.69) is 6.58 Å². The summed E-state index contributed by atoms with van der Waals surface area (Å²) in [6.07, 6.45) is 6.26. The molecule has 0 aromatic rings. The first-order valence-electron chi connectivity index (χ1n) is 2.17. The minimum atomic E-state index is 0.590. The van der Waals surface area contributed by atoms with Gasteiger partial charge in [0.25, 0.3) is 0 Å². The topological polar surface area (TPSA) is 26.0 Å². The number of hydrogen-bond donors (Lipinski definition) is 1. The molecule has 0 fully saturated rings. The third kappa shape index (κ3) is 3.50. The van der Waals surface area contributed by atoms with Gasteiger partial charge in [-0.2, -0.15) is 0 Å². The van der Waals surface area contributed by atoms with Gasteiger partial charge in [-0.05, 0) is 18.4 Å². The Balaban J connectivity index is 3.74. The highest BCUT2D eigenvalue weighted by Gasteiger charge is 1.73. The first-order valence-corrected chi connectivity index (χ1v) is 2.55. The molecule has 0 unspecified atom stereocenters. The zero-order valence-electron chi connectivity index (χ0n) is 4.47. The quantitative estimate of drug-likeness (QED) is 0.565. The maximum atomic E-state index is 5.48. The molecule has 8 heavy (non-hydrogen) atoms. The molecule has 1 nitrogen and oxygen atoms in total. The lowest BCUT2D eigenvalue weighted by molar-refractivity contribution is 1.60. The molecule has 0 radical (unpaired) electrons. The van der Waals surface area contributed by atoms with Crippen LogP contribution in [0, 0.1) is 0 Å². The Hall–Kier alpha value is -0.690. The Kier molecular flexibility index (Phi) is 4.08. The molecular weight excluding hydrogens is 122 g/mol. The summed E-state index contributed by atoms with van der Waals surface area (Å²) in [5.74, 6) is 0. The Bertz CT molecular complexity index is 124. The van der Waals surface area contributed by atoms with Crippen molar-refractivity contribution in [1.82, 2.24) is 0 Å². The summed E-state index contributed by atoms with van der Waals surface area (Å²) in [4.78, 5) is 0. The van der Waals surface area contributed by atoms with Gasteiger partial charge in [-0.3, -0.25) is 0 Å². The Morgan fingerprint density at radius 1 is 1.62 bits per heavy atom. The van der Waals surface area contributed by atoms with Crippen LogP contribution in [0.15, 0.2) is 36.0 Å². The fourth-order valence-electron chi connectivity index (χ4n) is 0.216. The second-order valence-corrected chi connectivity index (χ2v) is 1.58. The number of halogens is 1. The Morgan fingerprint density at radius 2 is 2.25 bits per heavy atom. The average molecular weight is 130 g/mol. The van der Waals surface area contributed by atoms with Crippen LogP contribution in [0.5, 0.6) is 0 Å². The van der Waals surface area contributed by atoms with Crippen LogP contribution in [-0.4, -0.2) is 0 Å². The standard InChI is InChI=1S/C6H8ClN/c1-2-6(7)4-3-5-8/h2-5H,1,8H2/b5-3+,6-4+. The molecule has 2 heteroatoms. The zero-order valence-corrected chi connectivity index (χ0v) is 5.23. The summed E-state index contributed by atoms with van der Waals surface area (Å²) in [5.41, 5.74) is 5.01. The highest BCUT2D eigenvalue weighted by atomic mass is 35.5. The van der Waals surface area contributed by atoms with Gasteiger partial charge >= 0.3 is 0 Å². The molecule has 0 aliphatic carbocycles. The van der Waals surface area contributed by atoms with Crippen molar-refractivity contribution in [3.63, 3.8) is 0 Å². The summed E-state index contributed by atoms with van der Waals surface area (Å²) in [6.45, 7) is 3.44. The maximum Gasteiger partial charge on any atom is 0.0400 e. The van der Waals surface area contributed by atoms with Crippen molar-refractivity contribution in [3.8, 4) is 0 Å². The average Bonchev–Trinajstić information content (AvgIpc) is 1.83. The molecule has 44 valence electrons. The summed E-state index contributed by atoms with van der Waals surface area (Å²) < 4.78 is 0. The predicted molar refractivity (Wildman–Crippen MR) is 37.5 cm³/mol. The molecule has 0 amide bonds. The molecule has 0 aliphatic heterocycles. The van der Waals surface area contributed by atoms with E-state index in [0.29, 0.717) is 5.03 Å². The van der Waals surface area contributed by atoms with Crippen LogP contribution in [0.3, 0.4) is 0 Å². The van der Waals surface area contributed by atoms with Gasteiger partial charge < -0.3 is 5.73 Å². The minimum Gasteiger partial charge on any atom is -0.405 e. The smallest absolute Gasteiger partial charge is 0.0400 e. The highest BCUT2D eigenvalue weighted by Crippen LogP contribution is 1.99. The molecule has 0 aromatic heterocycles. The van der Waals surface area contributed by atoms with E-state index in [9.17, 15) is 0 Å². The number of allylic oxidation sites excluding steroid dienone is 4. The molecule has 0 saturated carbocycles. The minimum absolute atomic E-state index is 0.590. The van der Waals surface area contributed by atoms with Crippen molar-refractivity contribution in [2.75, 3.05) is 0 Å². The molecule has 0 atom stereocenters. The lowest BCUT2D eigenvalue weighted by Crippen LogP contribution is -1.72. The molecule has 0 bridgehead atoms. The van der Waals surface area contributed by atoms with Crippen LogP contribution in [0.2, 0.25) is 0 Å². The first-order chi connectivity index (χ1) is 3.81. The van der Waals surface area contributed by atoms with E-state index >= 15 is 0 Å². The van der Waals surface area contributed by atoms with Crippen LogP contribution >= 0.6 is 11.6 Å². The largest absolute Gasteiger partial charge is 0.405 e. The fourth-order valence-corrected chi connectivity index (χ4v) is 0.288. The number of nitrogens with two attached hydrogens (primary N) is 1. The van der Waals surface area contributed by atoms with Crippen LogP contribution in [-0.2, 0) is 0 Å². The molecule has 0 saturated heterocycles. The van der Waals surface area contributed by atoms with E-state index in [4.69, 9.17) is 17.3 Å². The molecule has 0 spiro atoms. The van der Waals surface area contributed by atoms with Gasteiger partial charge in [0.15, 0.2) is 0 Å². The third-order valence-electron chi connectivity index (χ3n) is 0.562. The van der Waals surface area contributed by atoms with Gasteiger partial charge in [0.2, 0.25) is 0 Å². The molecule has 0 aliphatic rings. The summed E-state index contributed by atoms with van der Waals surface area (Å²) in [6, 6.07) is 0. The van der Waals surface area contributed by atoms with Crippen molar-refractivity contribution < 1.29 is 0 Å². The van der Waals surface area contributed by atoms with E-state index in [1.807, 2.05) is 0 Å². The Labute approximate surface area is 54.1 Å². The summed E-state index contributed by atoms with van der Waals surface area (Å²) in [7, 11) is 0. The van der Waals surface area contributed by atoms with Gasteiger partial charge in [-0.25, -0.2) is 0 Å². The van der Waals surface area contributed by atoms with Gasteiger partial charge in [-0.1, -0.05) is 24.3 Å². The maximum absolute atomic E-state index is 5.48. The van der Waals surface area contributed by atoms with Gasteiger partial charge in [0, 0.05) is 5.03 Å². The summed E-state index contributed by atoms with van der Waals surface area (Å²) in [5, 5.41) is 0.590. The van der Waals surface area contributed by atoms with Crippen molar-refractivity contribution >= 4 is 11.6 Å². The highest BCUT2D eigenvalue weighted by molar-refractivity contribution is 6.31. The zero-order chi connectivity index (χ0) is 6.41. The molecular formula is C6H8ClN. The predicted octanol–water partition coefficient (Wildman–Crippen LogP) is 1.77. The third-order valence-corrected chi connectivity index (χ3v) is 0.842. The number of rotatable bonds is 2. The molecule has 0 rings (SSSR count). The monoisotopic (exact) mass is 129 g/mol. The van der Waals surface area contributed by atoms with E-state index in [1.165, 1.54) is 6.20 Å². The first kappa shape index (κ1) is 7.31. The van der Waals surface area contributed by atoms with Crippen LogP contribution in [0.25, 0.3) is 0 Å². The summed E-state index contributed by atoms with van der Waals surface area (Å²) >= 11 is 5.48. The van der Waals surface area contributed by atoms with Gasteiger partial charge in [0.1, 0.15) is 0 Å². The normalized spacial score (nSPS) is 12.4. The van der Waals surface area contributed by atoms with Crippen LogP contribution < -0.4 is 5.73 Å². The number of hydrogen-bond acceptors (Lipinski definition) is 1. The van der Waals surface area contributed by atoms with E-state index in [1.54, 1.807) is 18.2 Å². The van der Waals surface area contributed by atoms with Crippen molar-refractivity contribution in [3.05, 3.63) is 36.0 Å². The second-order valence-electron chi connectivity index (χ2n) is 1.14.